The molecule has 0 heterocycles. The van der Waals surface area contributed by atoms with Gasteiger partial charge in [-0.3, -0.25) is 13.9 Å². The molecule has 1 atom stereocenters. The fraction of sp³-hybridized carbons (Fsp3) is 0.391. The monoisotopic (exact) mass is 531 g/mol. The molecule has 0 bridgehead atoms. The van der Waals surface area contributed by atoms with Gasteiger partial charge in [0.2, 0.25) is 21.8 Å². The summed E-state index contributed by atoms with van der Waals surface area (Å²) in [5.74, 6) is -1.48. The van der Waals surface area contributed by atoms with E-state index >= 15 is 0 Å². The van der Waals surface area contributed by atoms with Crippen LogP contribution in [0.25, 0.3) is 0 Å². The maximum atomic E-state index is 13.4. The first-order valence-corrected chi connectivity index (χ1v) is 13.0. The van der Waals surface area contributed by atoms with Gasteiger partial charge < -0.3 is 10.2 Å². The number of anilines is 1. The Bertz CT molecular complexity index is 1150. The van der Waals surface area contributed by atoms with Crippen LogP contribution in [0.4, 0.5) is 10.1 Å². The summed E-state index contributed by atoms with van der Waals surface area (Å²) in [6.45, 7) is 6.35. The first-order valence-electron chi connectivity index (χ1n) is 10.4. The molecule has 2 aromatic carbocycles. The molecule has 7 nitrogen and oxygen atoms in total. The average Bonchev–Trinajstić information content (AvgIpc) is 2.71. The number of amides is 2. The van der Waals surface area contributed by atoms with Gasteiger partial charge >= 0.3 is 0 Å². The number of sulfonamides is 1. The predicted octanol–water partition coefficient (Wildman–Crippen LogP) is 4.23. The Labute approximate surface area is 209 Å². The molecule has 34 heavy (non-hydrogen) atoms. The Balaban J connectivity index is 2.41. The lowest BCUT2D eigenvalue weighted by molar-refractivity contribution is -0.140. The molecule has 0 saturated carbocycles. The summed E-state index contributed by atoms with van der Waals surface area (Å²) in [6, 6.07) is 8.76. The summed E-state index contributed by atoms with van der Waals surface area (Å²) in [4.78, 5) is 27.5. The van der Waals surface area contributed by atoms with Crippen LogP contribution in [0, 0.1) is 5.82 Å². The normalized spacial score (nSPS) is 12.7. The van der Waals surface area contributed by atoms with Gasteiger partial charge in [-0.25, -0.2) is 12.8 Å². The van der Waals surface area contributed by atoms with Crippen LogP contribution in [0.5, 0.6) is 0 Å². The summed E-state index contributed by atoms with van der Waals surface area (Å²) in [6.07, 6.45) is 0.961. The third-order valence-corrected chi connectivity index (χ3v) is 6.68. The van der Waals surface area contributed by atoms with Gasteiger partial charge in [-0.1, -0.05) is 35.3 Å². The minimum Gasteiger partial charge on any atom is -0.350 e. The molecule has 0 aliphatic carbocycles. The predicted molar refractivity (Wildman–Crippen MR) is 133 cm³/mol. The molecular formula is C23H28Cl2FN3O4S. The van der Waals surface area contributed by atoms with Crippen molar-refractivity contribution in [2.75, 3.05) is 17.1 Å². The topological polar surface area (TPSA) is 86.8 Å². The largest absolute Gasteiger partial charge is 0.350 e. The van der Waals surface area contributed by atoms with Crippen molar-refractivity contribution in [2.45, 2.75) is 45.8 Å². The van der Waals surface area contributed by atoms with Crippen molar-refractivity contribution in [3.8, 4) is 0 Å². The highest BCUT2D eigenvalue weighted by molar-refractivity contribution is 7.92. The van der Waals surface area contributed by atoms with E-state index in [1.807, 2.05) is 0 Å². The fourth-order valence-electron chi connectivity index (χ4n) is 3.10. The molecule has 2 amide bonds. The summed E-state index contributed by atoms with van der Waals surface area (Å²) < 4.78 is 39.3. The van der Waals surface area contributed by atoms with Gasteiger partial charge in [0.05, 0.1) is 22.0 Å². The molecule has 0 aliphatic heterocycles. The van der Waals surface area contributed by atoms with Gasteiger partial charge in [0.1, 0.15) is 18.4 Å². The highest BCUT2D eigenvalue weighted by Crippen LogP contribution is 2.28. The van der Waals surface area contributed by atoms with Crippen molar-refractivity contribution < 1.29 is 22.4 Å². The molecule has 0 aliphatic rings. The number of nitrogens with one attached hydrogen (secondary N) is 1. The van der Waals surface area contributed by atoms with Crippen molar-refractivity contribution in [1.82, 2.24) is 10.2 Å². The van der Waals surface area contributed by atoms with Crippen LogP contribution in [0.1, 0.15) is 33.3 Å². The molecule has 1 unspecified atom stereocenters. The Morgan fingerprint density at radius 1 is 1.06 bits per heavy atom. The molecule has 186 valence electrons. The number of halogens is 3. The quantitative estimate of drug-likeness (QED) is 0.552. The lowest BCUT2D eigenvalue weighted by Crippen LogP contribution is -2.54. The van der Waals surface area contributed by atoms with Gasteiger partial charge in [-0.15, -0.1) is 0 Å². The minimum absolute atomic E-state index is 0.0309. The van der Waals surface area contributed by atoms with E-state index in [1.54, 1.807) is 27.7 Å². The van der Waals surface area contributed by atoms with Gasteiger partial charge in [0, 0.05) is 12.1 Å². The molecule has 2 rings (SSSR count). The van der Waals surface area contributed by atoms with Crippen molar-refractivity contribution in [3.05, 3.63) is 63.9 Å². The zero-order valence-electron chi connectivity index (χ0n) is 19.6. The van der Waals surface area contributed by atoms with Crippen LogP contribution in [-0.2, 0) is 26.2 Å². The van der Waals surface area contributed by atoms with Crippen molar-refractivity contribution in [1.29, 1.82) is 0 Å². The highest BCUT2D eigenvalue weighted by Gasteiger charge is 2.31. The molecule has 11 heteroatoms. The van der Waals surface area contributed by atoms with E-state index in [9.17, 15) is 22.4 Å². The molecule has 0 spiro atoms. The number of carbonyl (C=O) groups is 2. The zero-order valence-corrected chi connectivity index (χ0v) is 21.9. The van der Waals surface area contributed by atoms with Gasteiger partial charge in [-0.2, -0.15) is 0 Å². The van der Waals surface area contributed by atoms with E-state index in [-0.39, 0.29) is 22.3 Å². The minimum atomic E-state index is -3.90. The Morgan fingerprint density at radius 3 is 2.15 bits per heavy atom. The SMILES string of the molecule is CC(C(=O)NC(C)(C)C)N(Cc1ccc(F)cc1)C(=O)CN(c1ccc(Cl)c(Cl)c1)S(C)(=O)=O. The smallest absolute Gasteiger partial charge is 0.244 e. The molecule has 2 aromatic rings. The highest BCUT2D eigenvalue weighted by atomic mass is 35.5. The maximum absolute atomic E-state index is 13.4. The molecule has 0 radical (unpaired) electrons. The molecule has 0 fully saturated rings. The van der Waals surface area contributed by atoms with E-state index in [1.165, 1.54) is 47.4 Å². The summed E-state index contributed by atoms with van der Waals surface area (Å²) in [5.41, 5.74) is 0.179. The summed E-state index contributed by atoms with van der Waals surface area (Å²) in [7, 11) is -3.90. The maximum Gasteiger partial charge on any atom is 0.244 e. The second kappa shape index (κ2) is 10.9. The number of nitrogens with zero attached hydrogens (tertiary/aromatic N) is 2. The number of carbonyl (C=O) groups excluding carboxylic acids is 2. The number of rotatable bonds is 8. The lowest BCUT2D eigenvalue weighted by Gasteiger charge is -2.33. The van der Waals surface area contributed by atoms with Crippen LogP contribution in [0.3, 0.4) is 0 Å². The molecule has 0 aromatic heterocycles. The van der Waals surface area contributed by atoms with Crippen molar-refractivity contribution in [3.63, 3.8) is 0 Å². The van der Waals surface area contributed by atoms with Crippen LogP contribution in [0.2, 0.25) is 10.0 Å². The number of benzene rings is 2. The molecular weight excluding hydrogens is 504 g/mol. The van der Waals surface area contributed by atoms with E-state index in [2.05, 4.69) is 5.32 Å². The Hall–Kier alpha value is -2.36. The first kappa shape index (κ1) is 27.9. The average molecular weight is 532 g/mol. The van der Waals surface area contributed by atoms with E-state index < -0.39 is 45.8 Å². The third kappa shape index (κ3) is 7.85. The van der Waals surface area contributed by atoms with Crippen LogP contribution in [0.15, 0.2) is 42.5 Å². The summed E-state index contributed by atoms with van der Waals surface area (Å²) >= 11 is 12.0. The van der Waals surface area contributed by atoms with Crippen LogP contribution < -0.4 is 9.62 Å². The Morgan fingerprint density at radius 2 is 1.65 bits per heavy atom. The second-order valence-electron chi connectivity index (χ2n) is 8.93. The van der Waals surface area contributed by atoms with Crippen molar-refractivity contribution >= 4 is 50.7 Å². The van der Waals surface area contributed by atoms with E-state index in [0.29, 0.717) is 5.56 Å². The van der Waals surface area contributed by atoms with E-state index in [0.717, 1.165) is 10.6 Å². The van der Waals surface area contributed by atoms with E-state index in [4.69, 9.17) is 23.2 Å². The Kier molecular flexibility index (Phi) is 8.96. The molecule has 0 saturated heterocycles. The first-order chi connectivity index (χ1) is 15.6. The van der Waals surface area contributed by atoms with Crippen LogP contribution in [-0.4, -0.2) is 49.5 Å². The third-order valence-electron chi connectivity index (χ3n) is 4.80. The van der Waals surface area contributed by atoms with Gasteiger partial charge in [0.15, 0.2) is 0 Å². The number of hydrogen-bond donors (Lipinski definition) is 1. The zero-order chi connectivity index (χ0) is 25.8. The standard InChI is InChI=1S/C23H28Cl2FN3O4S/c1-15(22(31)27-23(2,3)4)28(13-16-6-8-17(26)9-7-16)21(30)14-29(34(5,32)33)18-10-11-19(24)20(25)12-18/h6-12,15H,13-14H2,1-5H3,(H,27,31). The van der Waals surface area contributed by atoms with Gasteiger partial charge in [-0.05, 0) is 63.6 Å². The summed E-state index contributed by atoms with van der Waals surface area (Å²) in [5, 5.41) is 3.18. The second-order valence-corrected chi connectivity index (χ2v) is 11.7. The fourth-order valence-corrected chi connectivity index (χ4v) is 4.23. The van der Waals surface area contributed by atoms with Crippen LogP contribution >= 0.6 is 23.2 Å². The molecule has 1 N–H and O–H groups in total. The lowest BCUT2D eigenvalue weighted by atomic mass is 10.1. The van der Waals surface area contributed by atoms with Gasteiger partial charge in [0.25, 0.3) is 0 Å². The number of hydrogen-bond acceptors (Lipinski definition) is 4. The van der Waals surface area contributed by atoms with Crippen molar-refractivity contribution in [2.24, 2.45) is 0 Å².